The molecule has 0 spiro atoms. The van der Waals surface area contributed by atoms with E-state index >= 15 is 0 Å². The van der Waals surface area contributed by atoms with Crippen molar-refractivity contribution in [2.75, 3.05) is 32.7 Å². The van der Waals surface area contributed by atoms with E-state index in [1.807, 2.05) is 0 Å². The molecule has 1 N–H and O–H groups in total. The van der Waals surface area contributed by atoms with E-state index in [1.165, 1.54) is 58.3 Å². The van der Waals surface area contributed by atoms with E-state index in [4.69, 9.17) is 0 Å². The predicted octanol–water partition coefficient (Wildman–Crippen LogP) is 2.34. The molecule has 3 atom stereocenters. The van der Waals surface area contributed by atoms with Gasteiger partial charge < -0.3 is 14.9 Å². The number of hydrogen-bond donors (Lipinski definition) is 1. The number of nitrogens with zero attached hydrogens (tertiary/aromatic N) is 2. The van der Waals surface area contributed by atoms with Gasteiger partial charge in [0.25, 0.3) is 0 Å². The molecule has 2 aliphatic rings. The number of rotatable bonds is 5. The lowest BCUT2D eigenvalue weighted by Gasteiger charge is -2.40. The smallest absolute Gasteiger partial charge is 0.0664 e. The Kier molecular flexibility index (Phi) is 6.11. The Morgan fingerprint density at radius 3 is 2.74 bits per heavy atom. The summed E-state index contributed by atoms with van der Waals surface area (Å²) in [6.45, 7) is 10.3. The highest BCUT2D eigenvalue weighted by Gasteiger charge is 2.26. The van der Waals surface area contributed by atoms with Crippen molar-refractivity contribution < 1.29 is 5.11 Å². The van der Waals surface area contributed by atoms with Crippen molar-refractivity contribution in [2.45, 2.75) is 64.5 Å². The molecule has 0 aromatic rings. The minimum atomic E-state index is -0.132. The van der Waals surface area contributed by atoms with Gasteiger partial charge >= 0.3 is 0 Å². The van der Waals surface area contributed by atoms with E-state index in [0.717, 1.165) is 24.9 Å². The van der Waals surface area contributed by atoms with E-state index in [9.17, 15) is 5.11 Å². The first kappa shape index (κ1) is 15.3. The lowest BCUT2D eigenvalue weighted by atomic mass is 9.94. The fraction of sp³-hybridized carbons (Fsp3) is 1.00. The first-order valence-corrected chi connectivity index (χ1v) is 8.33. The first-order chi connectivity index (χ1) is 9.19. The Balaban J connectivity index is 1.77. The average molecular weight is 268 g/mol. The maximum Gasteiger partial charge on any atom is 0.0664 e. The standard InChI is InChI=1S/C16H32N2O/c1-3-16(19)13-17-9-6-8-15(11-17)12-18-10-5-4-7-14(18)2/h14-16,19H,3-13H2,1-2H3/t14-,15+,16-/m0/s1. The molecule has 2 rings (SSSR count). The normalized spacial score (nSPS) is 32.4. The quantitative estimate of drug-likeness (QED) is 0.829. The lowest BCUT2D eigenvalue weighted by molar-refractivity contribution is 0.0603. The van der Waals surface area contributed by atoms with Crippen molar-refractivity contribution >= 4 is 0 Å². The molecule has 0 aromatic carbocycles. The van der Waals surface area contributed by atoms with Gasteiger partial charge in [0, 0.05) is 25.7 Å². The van der Waals surface area contributed by atoms with Gasteiger partial charge in [-0.05, 0) is 58.0 Å². The minimum absolute atomic E-state index is 0.132. The van der Waals surface area contributed by atoms with Crippen LogP contribution in [0, 0.1) is 5.92 Å². The van der Waals surface area contributed by atoms with Crippen molar-refractivity contribution in [1.29, 1.82) is 0 Å². The maximum atomic E-state index is 9.81. The number of likely N-dealkylation sites (tertiary alicyclic amines) is 2. The number of aliphatic hydroxyl groups excluding tert-OH is 1. The highest BCUT2D eigenvalue weighted by atomic mass is 16.3. The summed E-state index contributed by atoms with van der Waals surface area (Å²) in [6, 6.07) is 0.783. The van der Waals surface area contributed by atoms with Gasteiger partial charge in [-0.2, -0.15) is 0 Å². The molecule has 0 aromatic heterocycles. The van der Waals surface area contributed by atoms with Crippen molar-refractivity contribution in [3.63, 3.8) is 0 Å². The SMILES string of the molecule is CC[C@H](O)CN1CCC[C@@H](CN2CCCC[C@@H]2C)C1. The zero-order chi connectivity index (χ0) is 13.7. The Morgan fingerprint density at radius 2 is 2.00 bits per heavy atom. The molecule has 3 nitrogen and oxygen atoms in total. The zero-order valence-corrected chi connectivity index (χ0v) is 12.9. The number of β-amino-alcohol motifs (C(OH)–C–C–N with tert-alkyl or cyclic N) is 1. The van der Waals surface area contributed by atoms with Gasteiger partial charge in [0.2, 0.25) is 0 Å². The second-order valence-electron chi connectivity index (χ2n) is 6.67. The van der Waals surface area contributed by atoms with Gasteiger partial charge in [0.05, 0.1) is 6.10 Å². The third kappa shape index (κ3) is 4.73. The number of piperidine rings is 2. The highest BCUT2D eigenvalue weighted by Crippen LogP contribution is 2.22. The van der Waals surface area contributed by atoms with Crippen molar-refractivity contribution in [3.8, 4) is 0 Å². The summed E-state index contributed by atoms with van der Waals surface area (Å²) >= 11 is 0. The largest absolute Gasteiger partial charge is 0.392 e. The van der Waals surface area contributed by atoms with Gasteiger partial charge in [-0.1, -0.05) is 13.3 Å². The summed E-state index contributed by atoms with van der Waals surface area (Å²) in [7, 11) is 0. The summed E-state index contributed by atoms with van der Waals surface area (Å²) in [5, 5.41) is 9.81. The molecule has 0 unspecified atom stereocenters. The fourth-order valence-corrected chi connectivity index (χ4v) is 3.65. The van der Waals surface area contributed by atoms with Gasteiger partial charge in [0.1, 0.15) is 0 Å². The van der Waals surface area contributed by atoms with Crippen molar-refractivity contribution in [2.24, 2.45) is 5.92 Å². The van der Waals surface area contributed by atoms with Crippen LogP contribution in [-0.4, -0.2) is 59.8 Å². The van der Waals surface area contributed by atoms with Crippen LogP contribution >= 0.6 is 0 Å². The van der Waals surface area contributed by atoms with Crippen LogP contribution in [-0.2, 0) is 0 Å². The van der Waals surface area contributed by atoms with Crippen LogP contribution in [0.4, 0.5) is 0 Å². The lowest BCUT2D eigenvalue weighted by Crippen LogP contribution is -2.46. The summed E-state index contributed by atoms with van der Waals surface area (Å²) < 4.78 is 0. The van der Waals surface area contributed by atoms with E-state index in [2.05, 4.69) is 23.6 Å². The predicted molar refractivity (Wildman–Crippen MR) is 80.3 cm³/mol. The van der Waals surface area contributed by atoms with Gasteiger partial charge in [-0.15, -0.1) is 0 Å². The molecule has 0 saturated carbocycles. The van der Waals surface area contributed by atoms with Crippen molar-refractivity contribution in [1.82, 2.24) is 9.80 Å². The monoisotopic (exact) mass is 268 g/mol. The van der Waals surface area contributed by atoms with E-state index in [1.54, 1.807) is 0 Å². The van der Waals surface area contributed by atoms with Crippen LogP contribution in [0.2, 0.25) is 0 Å². The maximum absolute atomic E-state index is 9.81. The molecular formula is C16H32N2O. The Hall–Kier alpha value is -0.120. The molecule has 2 fully saturated rings. The Morgan fingerprint density at radius 1 is 1.16 bits per heavy atom. The summed E-state index contributed by atoms with van der Waals surface area (Å²) in [6.07, 6.45) is 7.61. The van der Waals surface area contributed by atoms with Crippen LogP contribution in [0.1, 0.15) is 52.4 Å². The molecule has 19 heavy (non-hydrogen) atoms. The number of aliphatic hydroxyl groups is 1. The third-order valence-electron chi connectivity index (χ3n) is 4.98. The minimum Gasteiger partial charge on any atom is -0.392 e. The highest BCUT2D eigenvalue weighted by molar-refractivity contribution is 4.80. The fourth-order valence-electron chi connectivity index (χ4n) is 3.65. The van der Waals surface area contributed by atoms with Gasteiger partial charge in [-0.3, -0.25) is 0 Å². The summed E-state index contributed by atoms with van der Waals surface area (Å²) in [4.78, 5) is 5.19. The first-order valence-electron chi connectivity index (χ1n) is 8.33. The molecule has 0 aliphatic carbocycles. The molecule has 2 saturated heterocycles. The molecule has 2 heterocycles. The van der Waals surface area contributed by atoms with Crippen LogP contribution in [0.15, 0.2) is 0 Å². The summed E-state index contributed by atoms with van der Waals surface area (Å²) in [5.41, 5.74) is 0. The molecule has 0 radical (unpaired) electrons. The zero-order valence-electron chi connectivity index (χ0n) is 12.9. The van der Waals surface area contributed by atoms with Crippen LogP contribution < -0.4 is 0 Å². The van der Waals surface area contributed by atoms with Gasteiger partial charge in [-0.25, -0.2) is 0 Å². The van der Waals surface area contributed by atoms with E-state index in [-0.39, 0.29) is 6.10 Å². The third-order valence-corrected chi connectivity index (χ3v) is 4.98. The van der Waals surface area contributed by atoms with E-state index in [0.29, 0.717) is 0 Å². The Labute approximate surface area is 119 Å². The molecule has 112 valence electrons. The Bertz CT molecular complexity index is 259. The molecule has 0 bridgehead atoms. The van der Waals surface area contributed by atoms with Crippen LogP contribution in [0.5, 0.6) is 0 Å². The van der Waals surface area contributed by atoms with E-state index < -0.39 is 0 Å². The van der Waals surface area contributed by atoms with Crippen LogP contribution in [0.3, 0.4) is 0 Å². The molecular weight excluding hydrogens is 236 g/mol. The average Bonchev–Trinajstić information content (AvgIpc) is 2.42. The van der Waals surface area contributed by atoms with Gasteiger partial charge in [0.15, 0.2) is 0 Å². The number of hydrogen-bond acceptors (Lipinski definition) is 3. The molecule has 0 amide bonds. The molecule has 2 aliphatic heterocycles. The topological polar surface area (TPSA) is 26.7 Å². The van der Waals surface area contributed by atoms with Crippen LogP contribution in [0.25, 0.3) is 0 Å². The second-order valence-corrected chi connectivity index (χ2v) is 6.67. The second kappa shape index (κ2) is 7.61. The van der Waals surface area contributed by atoms with Crippen molar-refractivity contribution in [3.05, 3.63) is 0 Å². The molecule has 3 heteroatoms. The summed E-state index contributed by atoms with van der Waals surface area (Å²) in [5.74, 6) is 0.818.